The number of hydrogen-bond donors (Lipinski definition) is 1. The van der Waals surface area contributed by atoms with Crippen molar-refractivity contribution in [2.24, 2.45) is 0 Å². The summed E-state index contributed by atoms with van der Waals surface area (Å²) in [6.45, 7) is -0.149. The zero-order chi connectivity index (χ0) is 28.3. The van der Waals surface area contributed by atoms with Gasteiger partial charge in [-0.15, -0.1) is 0 Å². The molecular weight excluding hydrogens is 539 g/mol. The molecule has 1 N–H and O–H groups in total. The molecule has 1 saturated heterocycles. The second-order valence-corrected chi connectivity index (χ2v) is 11.4. The number of pyridine rings is 1. The van der Waals surface area contributed by atoms with E-state index in [1.54, 1.807) is 12.1 Å². The molecule has 2 aliphatic rings. The van der Waals surface area contributed by atoms with E-state index in [1.807, 2.05) is 0 Å². The highest BCUT2D eigenvalue weighted by atomic mass is 32.2. The molecule has 0 radical (unpaired) electrons. The number of fused-ring (bicyclic) bond motifs is 1. The van der Waals surface area contributed by atoms with Gasteiger partial charge in [-0.3, -0.25) is 19.4 Å². The van der Waals surface area contributed by atoms with Crippen LogP contribution in [0.2, 0.25) is 0 Å². The first-order chi connectivity index (χ1) is 19.3. The molecule has 3 heterocycles. The normalized spacial score (nSPS) is 18.3. The number of nitrogens with zero attached hydrogens (tertiary/aromatic N) is 3. The van der Waals surface area contributed by atoms with Gasteiger partial charge in [-0.25, -0.2) is 17.1 Å². The van der Waals surface area contributed by atoms with Gasteiger partial charge in [0.05, 0.1) is 11.7 Å². The maximum atomic E-state index is 13.9. The van der Waals surface area contributed by atoms with Crippen molar-refractivity contribution in [2.75, 3.05) is 19.7 Å². The van der Waals surface area contributed by atoms with Gasteiger partial charge >= 0.3 is 0 Å². The van der Waals surface area contributed by atoms with Crippen molar-refractivity contribution >= 4 is 27.7 Å². The molecule has 40 heavy (non-hydrogen) atoms. The highest BCUT2D eigenvalue weighted by Crippen LogP contribution is 2.31. The van der Waals surface area contributed by atoms with Gasteiger partial charge in [0.2, 0.25) is 11.8 Å². The lowest BCUT2D eigenvalue weighted by Gasteiger charge is -2.32. The lowest BCUT2D eigenvalue weighted by atomic mass is 10.0. The molecule has 12 heteroatoms. The second-order valence-electron chi connectivity index (χ2n) is 9.52. The zero-order valence-electron chi connectivity index (χ0n) is 21.4. The fourth-order valence-corrected chi connectivity index (χ4v) is 6.36. The minimum absolute atomic E-state index is 0.0274. The Balaban J connectivity index is 1.49. The van der Waals surface area contributed by atoms with Gasteiger partial charge in [0.1, 0.15) is 23.3 Å². The molecule has 1 fully saturated rings. The topological polar surface area (TPSA) is 126 Å². The number of aromatic nitrogens is 1. The molecule has 5 rings (SSSR count). The zero-order valence-corrected chi connectivity index (χ0v) is 22.2. The Labute approximate surface area is 230 Å². The second kappa shape index (κ2) is 11.5. The Bertz CT molecular complexity index is 1510. The molecule has 0 unspecified atom stereocenters. The number of rotatable bonds is 9. The summed E-state index contributed by atoms with van der Waals surface area (Å²) in [5, 5.41) is 2.85. The number of carbonyl (C=O) groups is 3. The Morgan fingerprint density at radius 1 is 1.10 bits per heavy atom. The number of nitrogens with one attached hydrogen (secondary N) is 1. The minimum atomic E-state index is -4.27. The summed E-state index contributed by atoms with van der Waals surface area (Å²) in [7, 11) is -4.27. The maximum Gasteiger partial charge on any atom is 0.269 e. The predicted octanol–water partition coefficient (Wildman–Crippen LogP) is 2.43. The van der Waals surface area contributed by atoms with E-state index in [9.17, 15) is 27.2 Å². The summed E-state index contributed by atoms with van der Waals surface area (Å²) in [4.78, 5) is 45.6. The van der Waals surface area contributed by atoms with Crippen molar-refractivity contribution in [3.8, 4) is 0 Å². The van der Waals surface area contributed by atoms with Gasteiger partial charge in [-0.05, 0) is 60.4 Å². The van der Waals surface area contributed by atoms with Crippen LogP contribution in [0.1, 0.15) is 40.4 Å². The van der Waals surface area contributed by atoms with Crippen LogP contribution in [0.25, 0.3) is 0 Å². The maximum absolute atomic E-state index is 13.9. The third-order valence-electron chi connectivity index (χ3n) is 6.89. The molecule has 3 amide bonds. The van der Waals surface area contributed by atoms with Gasteiger partial charge in [-0.2, -0.15) is 0 Å². The van der Waals surface area contributed by atoms with Crippen LogP contribution >= 0.6 is 0 Å². The van der Waals surface area contributed by atoms with Crippen molar-refractivity contribution in [1.29, 1.82) is 0 Å². The van der Waals surface area contributed by atoms with Crippen molar-refractivity contribution in [1.82, 2.24) is 19.5 Å². The fraction of sp³-hybridized carbons (Fsp3) is 0.286. The fourth-order valence-electron chi connectivity index (χ4n) is 4.85. The first-order valence-electron chi connectivity index (χ1n) is 12.7. The summed E-state index contributed by atoms with van der Waals surface area (Å²) in [5.74, 6) is -2.61. The molecule has 0 spiro atoms. The molecule has 10 nitrogen and oxygen atoms in total. The van der Waals surface area contributed by atoms with Crippen LogP contribution in [0.4, 0.5) is 4.39 Å². The molecule has 0 saturated carbocycles. The van der Waals surface area contributed by atoms with Crippen LogP contribution < -0.4 is 5.32 Å². The summed E-state index contributed by atoms with van der Waals surface area (Å²) < 4.78 is 46.1. The van der Waals surface area contributed by atoms with E-state index in [1.165, 1.54) is 65.8 Å². The van der Waals surface area contributed by atoms with Gasteiger partial charge < -0.3 is 15.0 Å². The number of halogens is 1. The molecule has 1 aromatic heterocycles. The predicted molar refractivity (Wildman–Crippen MR) is 141 cm³/mol. The lowest BCUT2D eigenvalue weighted by molar-refractivity contribution is -0.141. The average Bonchev–Trinajstić information content (AvgIpc) is 3.55. The third kappa shape index (κ3) is 5.58. The largest absolute Gasteiger partial charge is 0.376 e. The van der Waals surface area contributed by atoms with E-state index in [-0.39, 0.29) is 29.7 Å². The Morgan fingerprint density at radius 3 is 2.50 bits per heavy atom. The standard InChI is InChI=1S/C28H27FN4O6S/c29-21-9-7-19(8-10-21)17-32(25(34)18-33-28(36)23-5-1-2-6-24(23)40(33,37)38)26(20-11-13-30-14-12-20)27(35)31-16-22-4-3-15-39-22/h1-2,5-14,22,26H,3-4,15-18H2,(H,31,35)/t22-,26-/m1/s1. The molecule has 2 atom stereocenters. The number of sulfonamides is 1. The van der Waals surface area contributed by atoms with Gasteiger partial charge in [0.15, 0.2) is 0 Å². The van der Waals surface area contributed by atoms with Crippen molar-refractivity contribution in [3.63, 3.8) is 0 Å². The van der Waals surface area contributed by atoms with Crippen LogP contribution in [0.15, 0.2) is 78.0 Å². The van der Waals surface area contributed by atoms with Crippen LogP contribution in [-0.2, 0) is 30.9 Å². The Kier molecular flexibility index (Phi) is 7.90. The van der Waals surface area contributed by atoms with Crippen molar-refractivity contribution in [3.05, 3.63) is 95.6 Å². The molecule has 2 aliphatic heterocycles. The quantitative estimate of drug-likeness (QED) is 0.422. The van der Waals surface area contributed by atoms with E-state index in [0.29, 0.717) is 22.0 Å². The first-order valence-corrected chi connectivity index (χ1v) is 14.2. The lowest BCUT2D eigenvalue weighted by Crippen LogP contribution is -2.48. The van der Waals surface area contributed by atoms with E-state index in [2.05, 4.69) is 10.3 Å². The Hall–Kier alpha value is -4.16. The minimum Gasteiger partial charge on any atom is -0.376 e. The van der Waals surface area contributed by atoms with Crippen LogP contribution in [0.3, 0.4) is 0 Å². The number of ether oxygens (including phenoxy) is 1. The van der Waals surface area contributed by atoms with E-state index in [0.717, 1.165) is 12.8 Å². The number of carbonyl (C=O) groups excluding carboxylic acids is 3. The third-order valence-corrected chi connectivity index (χ3v) is 8.67. The molecule has 0 bridgehead atoms. The summed E-state index contributed by atoms with van der Waals surface area (Å²) in [5.41, 5.74) is 0.897. The van der Waals surface area contributed by atoms with E-state index >= 15 is 0 Å². The Morgan fingerprint density at radius 2 is 1.82 bits per heavy atom. The molecule has 208 valence electrons. The first kappa shape index (κ1) is 27.4. The van der Waals surface area contributed by atoms with Crippen molar-refractivity contribution in [2.45, 2.75) is 36.4 Å². The van der Waals surface area contributed by atoms with Crippen LogP contribution in [0, 0.1) is 5.82 Å². The monoisotopic (exact) mass is 566 g/mol. The summed E-state index contributed by atoms with van der Waals surface area (Å²) in [6.07, 6.45) is 4.45. The SMILES string of the molecule is O=C(NC[C@H]1CCCO1)[C@@H](c1ccncc1)N(Cc1ccc(F)cc1)C(=O)CN1C(=O)c2ccccc2S1(=O)=O. The van der Waals surface area contributed by atoms with Gasteiger partial charge in [0, 0.05) is 32.1 Å². The van der Waals surface area contributed by atoms with E-state index in [4.69, 9.17) is 4.74 Å². The number of benzene rings is 2. The van der Waals surface area contributed by atoms with Gasteiger partial charge in [0.25, 0.3) is 15.9 Å². The summed E-state index contributed by atoms with van der Waals surface area (Å²) in [6, 6.07) is 13.1. The molecular formula is C28H27FN4O6S. The van der Waals surface area contributed by atoms with E-state index < -0.39 is 46.1 Å². The average molecular weight is 567 g/mol. The molecule has 2 aromatic carbocycles. The van der Waals surface area contributed by atoms with Crippen molar-refractivity contribution < 1.29 is 31.9 Å². The number of hydrogen-bond acceptors (Lipinski definition) is 7. The highest BCUT2D eigenvalue weighted by molar-refractivity contribution is 7.90. The highest BCUT2D eigenvalue weighted by Gasteiger charge is 2.43. The van der Waals surface area contributed by atoms with Crippen LogP contribution in [-0.4, -0.2) is 66.1 Å². The number of amides is 3. The van der Waals surface area contributed by atoms with Crippen LogP contribution in [0.5, 0.6) is 0 Å². The molecule has 0 aliphatic carbocycles. The smallest absolute Gasteiger partial charge is 0.269 e. The molecule has 3 aromatic rings. The van der Waals surface area contributed by atoms with Gasteiger partial charge in [-0.1, -0.05) is 24.3 Å². The summed E-state index contributed by atoms with van der Waals surface area (Å²) >= 11 is 0.